The lowest BCUT2D eigenvalue weighted by molar-refractivity contribution is 0.178. The van der Waals surface area contributed by atoms with Crippen LogP contribution in [0, 0.1) is 6.92 Å². The van der Waals surface area contributed by atoms with Crippen molar-refractivity contribution in [2.45, 2.75) is 19.4 Å². The van der Waals surface area contributed by atoms with Gasteiger partial charge in [-0.05, 0) is 29.7 Å². The molecule has 0 aliphatic rings. The lowest BCUT2D eigenvalue weighted by Gasteiger charge is -2.15. The van der Waals surface area contributed by atoms with Crippen LogP contribution in [0.3, 0.4) is 0 Å². The third-order valence-corrected chi connectivity index (χ3v) is 4.24. The van der Waals surface area contributed by atoms with Gasteiger partial charge in [-0.2, -0.15) is 0 Å². The maximum atomic E-state index is 10.3. The van der Waals surface area contributed by atoms with Gasteiger partial charge < -0.3 is 5.11 Å². The van der Waals surface area contributed by atoms with Crippen LogP contribution in [0.25, 0.3) is 0 Å². The molecule has 0 bridgehead atoms. The number of hydrogen-bond acceptors (Lipinski definition) is 1. The van der Waals surface area contributed by atoms with E-state index in [1.807, 2.05) is 49.4 Å². The minimum atomic E-state index is -0.587. The molecule has 0 aliphatic carbocycles. The average Bonchev–Trinajstić information content (AvgIpc) is 2.35. The quantitative estimate of drug-likeness (QED) is 0.868. The molecule has 1 nitrogen and oxygen atoms in total. The molecule has 1 atom stereocenters. The van der Waals surface area contributed by atoms with Crippen molar-refractivity contribution >= 4 is 27.5 Å². The van der Waals surface area contributed by atoms with E-state index in [0.717, 1.165) is 21.2 Å². The summed E-state index contributed by atoms with van der Waals surface area (Å²) in [5.41, 5.74) is 2.84. The first kappa shape index (κ1) is 13.6. The number of aryl methyl sites for hydroxylation is 1. The minimum absolute atomic E-state index is 0.546. The fourth-order valence-corrected chi connectivity index (χ4v) is 2.61. The minimum Gasteiger partial charge on any atom is -0.388 e. The first-order chi connectivity index (χ1) is 8.59. The van der Waals surface area contributed by atoms with Gasteiger partial charge in [0.1, 0.15) is 0 Å². The predicted molar refractivity (Wildman–Crippen MR) is 79.0 cm³/mol. The molecule has 2 rings (SSSR count). The monoisotopic (exact) mass is 324 g/mol. The Kier molecular flexibility index (Phi) is 4.44. The summed E-state index contributed by atoms with van der Waals surface area (Å²) in [6, 6.07) is 13.6. The van der Waals surface area contributed by atoms with Crippen LogP contribution in [-0.2, 0) is 6.42 Å². The van der Waals surface area contributed by atoms with E-state index in [1.54, 1.807) is 0 Å². The Balaban J connectivity index is 2.25. The third-order valence-electron chi connectivity index (χ3n) is 2.95. The van der Waals surface area contributed by atoms with Gasteiger partial charge in [-0.1, -0.05) is 63.9 Å². The van der Waals surface area contributed by atoms with Crippen LogP contribution in [0.4, 0.5) is 0 Å². The summed E-state index contributed by atoms with van der Waals surface area (Å²) in [5, 5.41) is 10.9. The summed E-state index contributed by atoms with van der Waals surface area (Å²) in [6.45, 7) is 1.94. The van der Waals surface area contributed by atoms with Crippen LogP contribution in [0.5, 0.6) is 0 Å². The molecule has 2 aromatic carbocycles. The van der Waals surface area contributed by atoms with Gasteiger partial charge in [0.05, 0.1) is 6.10 Å². The van der Waals surface area contributed by atoms with Gasteiger partial charge in [0.2, 0.25) is 0 Å². The number of rotatable bonds is 3. The highest BCUT2D eigenvalue weighted by Crippen LogP contribution is 2.29. The molecule has 0 amide bonds. The van der Waals surface area contributed by atoms with Gasteiger partial charge in [0, 0.05) is 15.9 Å². The second-order valence-electron chi connectivity index (χ2n) is 4.29. The predicted octanol–water partition coefficient (Wildman–Crippen LogP) is 4.69. The van der Waals surface area contributed by atoms with Crippen molar-refractivity contribution in [2.75, 3.05) is 0 Å². The van der Waals surface area contributed by atoms with Gasteiger partial charge >= 0.3 is 0 Å². The first-order valence-electron chi connectivity index (χ1n) is 5.76. The van der Waals surface area contributed by atoms with Crippen molar-refractivity contribution < 1.29 is 5.11 Å². The molecule has 0 spiro atoms. The summed E-state index contributed by atoms with van der Waals surface area (Å²) < 4.78 is 1.01. The van der Waals surface area contributed by atoms with Crippen molar-refractivity contribution in [1.82, 2.24) is 0 Å². The summed E-state index contributed by atoms with van der Waals surface area (Å²) in [4.78, 5) is 0. The SMILES string of the molecule is Cc1cccc(C(O)Cc2ccccc2Br)c1Cl. The third kappa shape index (κ3) is 2.94. The highest BCUT2D eigenvalue weighted by Gasteiger charge is 2.14. The van der Waals surface area contributed by atoms with Crippen molar-refractivity contribution in [1.29, 1.82) is 0 Å². The van der Waals surface area contributed by atoms with Gasteiger partial charge in [-0.15, -0.1) is 0 Å². The van der Waals surface area contributed by atoms with Gasteiger partial charge in [-0.3, -0.25) is 0 Å². The van der Waals surface area contributed by atoms with Crippen LogP contribution in [0.1, 0.15) is 22.8 Å². The van der Waals surface area contributed by atoms with Gasteiger partial charge in [0.25, 0.3) is 0 Å². The number of hydrogen-bond donors (Lipinski definition) is 1. The van der Waals surface area contributed by atoms with Crippen LogP contribution in [0.2, 0.25) is 5.02 Å². The Morgan fingerprint density at radius 3 is 2.61 bits per heavy atom. The Bertz CT molecular complexity index is 554. The van der Waals surface area contributed by atoms with Crippen LogP contribution < -0.4 is 0 Å². The van der Waals surface area contributed by atoms with Crippen molar-refractivity contribution in [2.24, 2.45) is 0 Å². The average molecular weight is 326 g/mol. The Labute approximate surface area is 121 Å². The van der Waals surface area contributed by atoms with E-state index in [9.17, 15) is 5.11 Å². The van der Waals surface area contributed by atoms with E-state index in [2.05, 4.69) is 15.9 Å². The summed E-state index contributed by atoms with van der Waals surface area (Å²) >= 11 is 9.71. The zero-order valence-electron chi connectivity index (χ0n) is 10.0. The molecule has 3 heteroatoms. The van der Waals surface area contributed by atoms with E-state index in [0.29, 0.717) is 11.4 Å². The molecule has 1 unspecified atom stereocenters. The summed E-state index contributed by atoms with van der Waals surface area (Å²) in [5.74, 6) is 0. The molecule has 0 saturated heterocycles. The lowest BCUT2D eigenvalue weighted by atomic mass is 10.00. The van der Waals surface area contributed by atoms with Crippen LogP contribution in [-0.4, -0.2) is 5.11 Å². The highest BCUT2D eigenvalue weighted by molar-refractivity contribution is 9.10. The van der Waals surface area contributed by atoms with Crippen molar-refractivity contribution in [3.05, 3.63) is 68.7 Å². The van der Waals surface area contributed by atoms with Crippen molar-refractivity contribution in [3.63, 3.8) is 0 Å². The smallest absolute Gasteiger partial charge is 0.0845 e. The molecular weight excluding hydrogens is 312 g/mol. The van der Waals surface area contributed by atoms with E-state index in [4.69, 9.17) is 11.6 Å². The van der Waals surface area contributed by atoms with Crippen LogP contribution in [0.15, 0.2) is 46.9 Å². The topological polar surface area (TPSA) is 20.2 Å². The van der Waals surface area contributed by atoms with Gasteiger partial charge in [0.15, 0.2) is 0 Å². The molecule has 1 N–H and O–H groups in total. The second kappa shape index (κ2) is 5.87. The maximum Gasteiger partial charge on any atom is 0.0845 e. The number of aliphatic hydroxyl groups is 1. The highest BCUT2D eigenvalue weighted by atomic mass is 79.9. The molecule has 0 saturated carbocycles. The number of halogens is 2. The molecule has 0 radical (unpaired) electrons. The maximum absolute atomic E-state index is 10.3. The van der Waals surface area contributed by atoms with E-state index in [-0.39, 0.29) is 0 Å². The van der Waals surface area contributed by atoms with E-state index >= 15 is 0 Å². The molecule has 94 valence electrons. The van der Waals surface area contributed by atoms with Gasteiger partial charge in [-0.25, -0.2) is 0 Å². The fourth-order valence-electron chi connectivity index (χ4n) is 1.91. The Morgan fingerprint density at radius 2 is 1.89 bits per heavy atom. The number of aliphatic hydroxyl groups excluding tert-OH is 1. The number of benzene rings is 2. The Morgan fingerprint density at radius 1 is 1.17 bits per heavy atom. The normalized spacial score (nSPS) is 12.4. The van der Waals surface area contributed by atoms with Crippen molar-refractivity contribution in [3.8, 4) is 0 Å². The van der Waals surface area contributed by atoms with E-state index < -0.39 is 6.10 Å². The summed E-state index contributed by atoms with van der Waals surface area (Å²) in [6.07, 6.45) is -0.0407. The molecular formula is C15H14BrClO. The zero-order chi connectivity index (χ0) is 13.1. The zero-order valence-corrected chi connectivity index (χ0v) is 12.4. The standard InChI is InChI=1S/C15H14BrClO/c1-10-5-4-7-12(15(10)17)14(18)9-11-6-2-3-8-13(11)16/h2-8,14,18H,9H2,1H3. The molecule has 0 aliphatic heterocycles. The summed E-state index contributed by atoms with van der Waals surface area (Å²) in [7, 11) is 0. The molecule has 0 aromatic heterocycles. The second-order valence-corrected chi connectivity index (χ2v) is 5.52. The fraction of sp³-hybridized carbons (Fsp3) is 0.200. The molecule has 2 aromatic rings. The first-order valence-corrected chi connectivity index (χ1v) is 6.93. The largest absolute Gasteiger partial charge is 0.388 e. The molecule has 0 heterocycles. The van der Waals surface area contributed by atoms with Crippen LogP contribution >= 0.6 is 27.5 Å². The molecule has 18 heavy (non-hydrogen) atoms. The lowest BCUT2D eigenvalue weighted by Crippen LogP contribution is -2.03. The van der Waals surface area contributed by atoms with E-state index in [1.165, 1.54) is 0 Å². The Hall–Kier alpha value is -0.830. The molecule has 0 fully saturated rings.